The van der Waals surface area contributed by atoms with Gasteiger partial charge in [0.25, 0.3) is 5.91 Å². The van der Waals surface area contributed by atoms with E-state index < -0.39 is 24.4 Å². The van der Waals surface area contributed by atoms with Gasteiger partial charge in [0.1, 0.15) is 17.1 Å². The summed E-state index contributed by atoms with van der Waals surface area (Å²) < 4.78 is 10.8. The lowest BCUT2D eigenvalue weighted by Gasteiger charge is -2.11. The highest BCUT2D eigenvalue weighted by atomic mass is 16.5. The monoisotopic (exact) mass is 390 g/mol. The van der Waals surface area contributed by atoms with Gasteiger partial charge in [0.05, 0.1) is 0 Å². The molecule has 0 aliphatic carbocycles. The van der Waals surface area contributed by atoms with E-state index in [4.69, 9.17) is 15.2 Å². The summed E-state index contributed by atoms with van der Waals surface area (Å²) in [6.07, 6.45) is 0. The van der Waals surface area contributed by atoms with Crippen LogP contribution in [0.2, 0.25) is 0 Å². The average molecular weight is 390 g/mol. The van der Waals surface area contributed by atoms with Gasteiger partial charge in [0.2, 0.25) is 5.91 Å². The fourth-order valence-corrected chi connectivity index (χ4v) is 2.46. The van der Waals surface area contributed by atoms with E-state index in [0.717, 1.165) is 0 Å². The van der Waals surface area contributed by atoms with Gasteiger partial charge < -0.3 is 20.5 Å². The van der Waals surface area contributed by atoms with Crippen molar-refractivity contribution < 1.29 is 23.9 Å². The van der Waals surface area contributed by atoms with Crippen LogP contribution in [0.5, 0.6) is 11.5 Å². The molecular weight excluding hydrogens is 372 g/mol. The molecule has 3 N–H and O–H groups in total. The van der Waals surface area contributed by atoms with Gasteiger partial charge in [-0.05, 0) is 48.5 Å². The minimum atomic E-state index is -0.684. The fraction of sp³-hybridized carbons (Fsp3) is 0.0455. The van der Waals surface area contributed by atoms with Gasteiger partial charge >= 0.3 is 5.97 Å². The highest BCUT2D eigenvalue weighted by Crippen LogP contribution is 2.25. The van der Waals surface area contributed by atoms with Crippen LogP contribution in [-0.4, -0.2) is 24.4 Å². The Morgan fingerprint density at radius 3 is 2.17 bits per heavy atom. The van der Waals surface area contributed by atoms with Crippen molar-refractivity contribution in [2.45, 2.75) is 0 Å². The van der Waals surface area contributed by atoms with Crippen LogP contribution in [0.15, 0.2) is 78.9 Å². The number of nitrogens with one attached hydrogen (secondary N) is 1. The number of carbonyl (C=O) groups is 3. The number of amides is 2. The van der Waals surface area contributed by atoms with Gasteiger partial charge in [-0.3, -0.25) is 9.59 Å². The first kappa shape index (κ1) is 19.6. The maximum Gasteiger partial charge on any atom is 0.342 e. The fourth-order valence-electron chi connectivity index (χ4n) is 2.46. The van der Waals surface area contributed by atoms with Crippen LogP contribution in [0, 0.1) is 0 Å². The summed E-state index contributed by atoms with van der Waals surface area (Å²) in [7, 11) is 0. The predicted octanol–water partition coefficient (Wildman–Crippen LogP) is 3.37. The highest BCUT2D eigenvalue weighted by Gasteiger charge is 2.16. The first-order chi connectivity index (χ1) is 14.0. The molecule has 0 fully saturated rings. The van der Waals surface area contributed by atoms with E-state index in [2.05, 4.69) is 5.32 Å². The van der Waals surface area contributed by atoms with Gasteiger partial charge in [0.15, 0.2) is 6.61 Å². The molecule has 7 heteroatoms. The van der Waals surface area contributed by atoms with Crippen molar-refractivity contribution in [3.8, 4) is 11.5 Å². The lowest BCUT2D eigenvalue weighted by molar-refractivity contribution is -0.119. The molecular formula is C22H18N2O5. The van der Waals surface area contributed by atoms with Gasteiger partial charge in [-0.15, -0.1) is 0 Å². The topological polar surface area (TPSA) is 108 Å². The summed E-state index contributed by atoms with van der Waals surface area (Å²) in [6, 6.07) is 21.7. The molecule has 2 amide bonds. The molecule has 0 saturated heterocycles. The third kappa shape index (κ3) is 5.43. The van der Waals surface area contributed by atoms with Crippen molar-refractivity contribution >= 4 is 23.5 Å². The normalized spacial score (nSPS) is 10.1. The second-order valence-corrected chi connectivity index (χ2v) is 5.98. The lowest BCUT2D eigenvalue weighted by atomic mass is 10.2. The summed E-state index contributed by atoms with van der Waals surface area (Å²) in [5.41, 5.74) is 6.14. The van der Waals surface area contributed by atoms with Crippen LogP contribution in [0.1, 0.15) is 20.7 Å². The summed E-state index contributed by atoms with van der Waals surface area (Å²) >= 11 is 0. The number of carbonyl (C=O) groups excluding carboxylic acids is 3. The summed E-state index contributed by atoms with van der Waals surface area (Å²) in [5.74, 6) is -0.869. The van der Waals surface area contributed by atoms with E-state index in [-0.39, 0.29) is 5.56 Å². The maximum absolute atomic E-state index is 12.4. The average Bonchev–Trinajstić information content (AvgIpc) is 2.73. The van der Waals surface area contributed by atoms with E-state index in [1.54, 1.807) is 36.4 Å². The summed E-state index contributed by atoms with van der Waals surface area (Å²) in [6.45, 7) is -0.476. The van der Waals surface area contributed by atoms with E-state index in [0.29, 0.717) is 22.7 Å². The highest BCUT2D eigenvalue weighted by molar-refractivity contribution is 5.97. The number of nitrogens with two attached hydrogens (primary N) is 1. The third-order valence-electron chi connectivity index (χ3n) is 3.87. The first-order valence-electron chi connectivity index (χ1n) is 8.72. The van der Waals surface area contributed by atoms with Crippen LogP contribution < -0.4 is 15.8 Å². The molecule has 0 heterocycles. The van der Waals surface area contributed by atoms with Crippen molar-refractivity contribution in [2.24, 2.45) is 5.73 Å². The zero-order valence-electron chi connectivity index (χ0n) is 15.3. The second kappa shape index (κ2) is 9.18. The van der Waals surface area contributed by atoms with Gasteiger partial charge in [0, 0.05) is 11.3 Å². The Labute approximate surface area is 167 Å². The molecule has 0 bridgehead atoms. The number of para-hydroxylation sites is 2. The Balaban J connectivity index is 1.59. The molecule has 0 unspecified atom stereocenters. The largest absolute Gasteiger partial charge is 0.456 e. The van der Waals surface area contributed by atoms with Crippen LogP contribution >= 0.6 is 0 Å². The minimum absolute atomic E-state index is 0.204. The summed E-state index contributed by atoms with van der Waals surface area (Å²) in [5, 5.41) is 2.57. The van der Waals surface area contributed by atoms with Crippen LogP contribution in [-0.2, 0) is 9.53 Å². The number of benzene rings is 3. The number of anilines is 1. The lowest BCUT2D eigenvalue weighted by Crippen LogP contribution is -2.21. The Morgan fingerprint density at radius 1 is 0.828 bits per heavy atom. The zero-order valence-corrected chi connectivity index (χ0v) is 15.3. The van der Waals surface area contributed by atoms with Gasteiger partial charge in [-0.25, -0.2) is 4.79 Å². The van der Waals surface area contributed by atoms with Crippen molar-refractivity contribution in [3.05, 3.63) is 90.0 Å². The molecule has 0 atom stereocenters. The molecule has 146 valence electrons. The molecule has 0 aromatic heterocycles. The Kier molecular flexibility index (Phi) is 6.22. The Bertz CT molecular complexity index is 1020. The number of hydrogen-bond donors (Lipinski definition) is 2. The zero-order chi connectivity index (χ0) is 20.6. The van der Waals surface area contributed by atoms with Crippen LogP contribution in [0.3, 0.4) is 0 Å². The molecule has 0 spiro atoms. The van der Waals surface area contributed by atoms with Gasteiger partial charge in [-0.1, -0.05) is 30.3 Å². The molecule has 7 nitrogen and oxygen atoms in total. The summed E-state index contributed by atoms with van der Waals surface area (Å²) in [4.78, 5) is 35.5. The maximum atomic E-state index is 12.4. The van der Waals surface area contributed by atoms with Gasteiger partial charge in [-0.2, -0.15) is 0 Å². The molecule has 3 rings (SSSR count). The third-order valence-corrected chi connectivity index (χ3v) is 3.87. The van der Waals surface area contributed by atoms with Crippen molar-refractivity contribution in [1.29, 1.82) is 0 Å². The van der Waals surface area contributed by atoms with Crippen molar-refractivity contribution in [3.63, 3.8) is 0 Å². The molecule has 0 saturated carbocycles. The van der Waals surface area contributed by atoms with E-state index in [9.17, 15) is 14.4 Å². The molecule has 3 aromatic rings. The number of esters is 1. The molecule has 0 aliphatic rings. The van der Waals surface area contributed by atoms with Crippen LogP contribution in [0.25, 0.3) is 0 Å². The SMILES string of the molecule is NC(=O)c1ccc(NC(=O)COC(=O)c2ccccc2Oc2ccccc2)cc1. The number of rotatable bonds is 7. The second-order valence-electron chi connectivity index (χ2n) is 5.98. The predicted molar refractivity (Wildman–Crippen MR) is 107 cm³/mol. The van der Waals surface area contributed by atoms with Crippen molar-refractivity contribution in [1.82, 2.24) is 0 Å². The molecule has 3 aromatic carbocycles. The number of hydrogen-bond acceptors (Lipinski definition) is 5. The standard InChI is InChI=1S/C22H18N2O5/c23-21(26)15-10-12-16(13-11-15)24-20(25)14-28-22(27)18-8-4-5-9-19(18)29-17-6-2-1-3-7-17/h1-13H,14H2,(H2,23,26)(H,24,25). The first-order valence-corrected chi connectivity index (χ1v) is 8.72. The van der Waals surface area contributed by atoms with E-state index in [1.165, 1.54) is 24.3 Å². The number of ether oxygens (including phenoxy) is 2. The Hall–Kier alpha value is -4.13. The van der Waals surface area contributed by atoms with Crippen molar-refractivity contribution in [2.75, 3.05) is 11.9 Å². The molecule has 0 radical (unpaired) electrons. The molecule has 0 aliphatic heterocycles. The van der Waals surface area contributed by atoms with Crippen LogP contribution in [0.4, 0.5) is 5.69 Å². The van der Waals surface area contributed by atoms with E-state index >= 15 is 0 Å². The quantitative estimate of drug-likeness (QED) is 0.602. The smallest absolute Gasteiger partial charge is 0.342 e. The Morgan fingerprint density at radius 2 is 1.48 bits per heavy atom. The minimum Gasteiger partial charge on any atom is -0.456 e. The molecule has 29 heavy (non-hydrogen) atoms. The number of primary amides is 1. The van der Waals surface area contributed by atoms with E-state index in [1.807, 2.05) is 18.2 Å².